The van der Waals surface area contributed by atoms with E-state index in [0.717, 1.165) is 33.4 Å². The van der Waals surface area contributed by atoms with Crippen LogP contribution in [0.5, 0.6) is 11.5 Å². The molecule has 0 heterocycles. The molecule has 2 aliphatic carbocycles. The highest BCUT2D eigenvalue weighted by Gasteiger charge is 2.36. The van der Waals surface area contributed by atoms with Crippen molar-refractivity contribution >= 4 is 11.8 Å². The van der Waals surface area contributed by atoms with Crippen molar-refractivity contribution in [3.63, 3.8) is 0 Å². The van der Waals surface area contributed by atoms with Crippen LogP contribution in [0.3, 0.4) is 0 Å². The summed E-state index contributed by atoms with van der Waals surface area (Å²) in [6.45, 7) is 0. The minimum atomic E-state index is -1.05. The van der Waals surface area contributed by atoms with Crippen molar-refractivity contribution < 1.29 is 35.1 Å². The predicted molar refractivity (Wildman–Crippen MR) is 180 cm³/mol. The van der Waals surface area contributed by atoms with Crippen molar-refractivity contribution in [3.8, 4) is 11.5 Å². The molecule has 0 bridgehead atoms. The predicted octanol–water partition coefficient (Wildman–Crippen LogP) is 3.81. The van der Waals surface area contributed by atoms with Crippen LogP contribution in [-0.4, -0.2) is 55.7 Å². The summed E-state index contributed by atoms with van der Waals surface area (Å²) < 4.78 is 0. The Labute approximate surface area is 279 Å². The fourth-order valence-corrected chi connectivity index (χ4v) is 7.19. The molecule has 9 heteroatoms. The summed E-state index contributed by atoms with van der Waals surface area (Å²) in [4.78, 5) is 27.7. The number of benzene rings is 4. The Morgan fingerprint density at radius 3 is 1.38 bits per heavy atom. The molecule has 6 atom stereocenters. The van der Waals surface area contributed by atoms with Crippen molar-refractivity contribution in [2.75, 3.05) is 0 Å². The molecule has 48 heavy (non-hydrogen) atoms. The number of rotatable bonds is 12. The lowest BCUT2D eigenvalue weighted by Crippen LogP contribution is -2.41. The van der Waals surface area contributed by atoms with Crippen molar-refractivity contribution in [2.24, 2.45) is 11.8 Å². The van der Waals surface area contributed by atoms with Gasteiger partial charge in [0.05, 0.1) is 30.4 Å². The van der Waals surface area contributed by atoms with Crippen molar-refractivity contribution in [3.05, 3.63) is 130 Å². The van der Waals surface area contributed by atoms with Gasteiger partial charge < -0.3 is 36.2 Å². The van der Waals surface area contributed by atoms with E-state index < -0.39 is 42.2 Å². The van der Waals surface area contributed by atoms with E-state index in [9.17, 15) is 35.1 Å². The van der Waals surface area contributed by atoms with E-state index in [2.05, 4.69) is 10.6 Å². The van der Waals surface area contributed by atoms with Crippen molar-refractivity contribution in [1.82, 2.24) is 10.6 Å². The number of hydrogen-bond donors (Lipinski definition) is 7. The minimum Gasteiger partial charge on any atom is -0.508 e. The van der Waals surface area contributed by atoms with Gasteiger partial charge in [-0.1, -0.05) is 72.8 Å². The van der Waals surface area contributed by atoms with Crippen LogP contribution in [-0.2, 0) is 35.3 Å². The number of nitrogens with one attached hydrogen (secondary N) is 2. The monoisotopic (exact) mass is 650 g/mol. The van der Waals surface area contributed by atoms with Gasteiger partial charge in [0, 0.05) is 24.7 Å². The Kier molecular flexibility index (Phi) is 10.1. The number of phenols is 2. The molecule has 0 saturated carbocycles. The highest BCUT2D eigenvalue weighted by atomic mass is 16.3. The standard InChI is InChI=1S/C39H42N2O7/c42-29-13-9-23(10-14-29)17-27(38(47)40-36-32-7-3-1-5-25(32)21-34(36)45)19-31(44)20-28(18-24-11-15-30(43)16-12-24)39(48)41-37-33-8-4-2-6-26(33)22-35(37)46/h1-16,27-28,31,34-37,42-46H,17-22H2,(H,40,47)(H,41,48)/t27-,28-,34-,35-,36+,37+/m1/s1. The van der Waals surface area contributed by atoms with E-state index in [-0.39, 0.29) is 49.0 Å². The Balaban J connectivity index is 1.20. The maximum atomic E-state index is 13.9. The van der Waals surface area contributed by atoms with Crippen LogP contribution >= 0.6 is 0 Å². The lowest BCUT2D eigenvalue weighted by atomic mass is 9.86. The van der Waals surface area contributed by atoms with Crippen LogP contribution in [0.4, 0.5) is 0 Å². The number of fused-ring (bicyclic) bond motifs is 2. The van der Waals surface area contributed by atoms with Crippen molar-refractivity contribution in [2.45, 2.75) is 68.9 Å². The molecule has 0 fully saturated rings. The molecular formula is C39H42N2O7. The Bertz CT molecular complexity index is 1600. The number of carbonyl (C=O) groups is 2. The normalized spacial score (nSPS) is 20.9. The molecule has 4 aromatic rings. The molecule has 0 aliphatic heterocycles. The van der Waals surface area contributed by atoms with Gasteiger partial charge in [0.2, 0.25) is 11.8 Å². The second-order valence-corrected chi connectivity index (χ2v) is 13.2. The van der Waals surface area contributed by atoms with E-state index in [1.807, 2.05) is 48.5 Å². The van der Waals surface area contributed by atoms with Gasteiger partial charge >= 0.3 is 0 Å². The Morgan fingerprint density at radius 2 is 0.979 bits per heavy atom. The summed E-state index contributed by atoms with van der Waals surface area (Å²) in [6.07, 6.45) is -1.11. The molecule has 7 N–H and O–H groups in total. The first-order valence-corrected chi connectivity index (χ1v) is 16.5. The summed E-state index contributed by atoms with van der Waals surface area (Å²) >= 11 is 0. The van der Waals surface area contributed by atoms with E-state index >= 15 is 0 Å². The first-order valence-electron chi connectivity index (χ1n) is 16.5. The van der Waals surface area contributed by atoms with Gasteiger partial charge in [-0.05, 0) is 83.3 Å². The van der Waals surface area contributed by atoms with E-state index in [4.69, 9.17) is 0 Å². The van der Waals surface area contributed by atoms with Crippen LogP contribution in [0, 0.1) is 11.8 Å². The van der Waals surface area contributed by atoms with E-state index in [1.165, 1.54) is 0 Å². The van der Waals surface area contributed by atoms with Crippen LogP contribution < -0.4 is 10.6 Å². The van der Waals surface area contributed by atoms with Crippen LogP contribution in [0.1, 0.15) is 58.3 Å². The maximum Gasteiger partial charge on any atom is 0.224 e. The van der Waals surface area contributed by atoms with Gasteiger partial charge in [-0.2, -0.15) is 0 Å². The third-order valence-electron chi connectivity index (χ3n) is 9.70. The number of carbonyl (C=O) groups excluding carboxylic acids is 2. The maximum absolute atomic E-state index is 13.9. The van der Waals surface area contributed by atoms with Crippen molar-refractivity contribution in [1.29, 1.82) is 0 Å². The first-order chi connectivity index (χ1) is 23.1. The molecule has 0 aromatic heterocycles. The Hall–Kier alpha value is -4.70. The largest absolute Gasteiger partial charge is 0.508 e. The number of phenolic OH excluding ortho intramolecular Hbond substituents is 2. The highest BCUT2D eigenvalue weighted by Crippen LogP contribution is 2.34. The molecule has 0 radical (unpaired) electrons. The third-order valence-corrected chi connectivity index (χ3v) is 9.70. The second-order valence-electron chi connectivity index (χ2n) is 13.2. The van der Waals surface area contributed by atoms with Gasteiger partial charge in [0.15, 0.2) is 0 Å². The van der Waals surface area contributed by atoms with Crippen LogP contribution in [0.15, 0.2) is 97.1 Å². The zero-order valence-electron chi connectivity index (χ0n) is 26.6. The highest BCUT2D eigenvalue weighted by molar-refractivity contribution is 5.81. The van der Waals surface area contributed by atoms with Gasteiger partial charge in [-0.25, -0.2) is 0 Å². The summed E-state index contributed by atoms with van der Waals surface area (Å²) in [5.74, 6) is -1.86. The molecule has 9 nitrogen and oxygen atoms in total. The molecule has 4 aromatic carbocycles. The summed E-state index contributed by atoms with van der Waals surface area (Å²) in [5, 5.41) is 58.8. The molecule has 2 aliphatic rings. The third kappa shape index (κ3) is 7.71. The zero-order valence-corrected chi connectivity index (χ0v) is 26.6. The minimum absolute atomic E-state index is 0.0470. The van der Waals surface area contributed by atoms with Gasteiger partial charge in [-0.3, -0.25) is 9.59 Å². The molecule has 0 unspecified atom stereocenters. The fraction of sp³-hybridized carbons (Fsp3) is 0.333. The molecule has 0 spiro atoms. The van der Waals surface area contributed by atoms with Crippen LogP contribution in [0.2, 0.25) is 0 Å². The fourth-order valence-electron chi connectivity index (χ4n) is 7.19. The zero-order chi connectivity index (χ0) is 33.8. The van der Waals surface area contributed by atoms with Gasteiger partial charge in [0.1, 0.15) is 11.5 Å². The van der Waals surface area contributed by atoms with E-state index in [0.29, 0.717) is 12.8 Å². The summed E-state index contributed by atoms with van der Waals surface area (Å²) in [6, 6.07) is 27.1. The number of aliphatic hydroxyl groups is 3. The van der Waals surface area contributed by atoms with Gasteiger partial charge in [0.25, 0.3) is 0 Å². The quantitative estimate of drug-likeness (QED) is 0.123. The smallest absolute Gasteiger partial charge is 0.224 e. The number of amides is 2. The molecule has 0 saturated heterocycles. The Morgan fingerprint density at radius 1 is 0.604 bits per heavy atom. The second kappa shape index (κ2) is 14.6. The number of aliphatic hydroxyl groups excluding tert-OH is 3. The SMILES string of the molecule is O=C(N[C@H]1c2ccccc2C[C@H]1O)[C@H](Cc1ccc(O)cc1)CC(O)C[C@@H](Cc1ccc(O)cc1)C(=O)N[C@H]1c2ccccc2C[C@H]1O. The molecule has 6 rings (SSSR count). The van der Waals surface area contributed by atoms with Gasteiger partial charge in [-0.15, -0.1) is 0 Å². The summed E-state index contributed by atoms with van der Waals surface area (Å²) in [5.41, 5.74) is 5.26. The summed E-state index contributed by atoms with van der Waals surface area (Å²) in [7, 11) is 0. The topological polar surface area (TPSA) is 159 Å². The average molecular weight is 651 g/mol. The lowest BCUT2D eigenvalue weighted by molar-refractivity contribution is -0.128. The first kappa shape index (κ1) is 33.2. The lowest BCUT2D eigenvalue weighted by Gasteiger charge is -2.27. The molecule has 2 amide bonds. The molecular weight excluding hydrogens is 608 g/mol. The molecule has 250 valence electrons. The number of aromatic hydroxyl groups is 2. The van der Waals surface area contributed by atoms with E-state index in [1.54, 1.807) is 48.5 Å². The van der Waals surface area contributed by atoms with Crippen LogP contribution in [0.25, 0.3) is 0 Å². The number of hydrogen-bond acceptors (Lipinski definition) is 7. The average Bonchev–Trinajstić information content (AvgIpc) is 3.56.